The fraction of sp³-hybridized carbons (Fsp3) is 0.348. The van der Waals surface area contributed by atoms with Crippen LogP contribution in [0.4, 0.5) is 0 Å². The molecule has 3 aromatic rings. The van der Waals surface area contributed by atoms with Gasteiger partial charge in [-0.2, -0.15) is 14.9 Å². The molecule has 5 heteroatoms. The molecule has 0 saturated heterocycles. The van der Waals surface area contributed by atoms with Gasteiger partial charge in [-0.25, -0.2) is 5.10 Å². The first-order valence-corrected chi connectivity index (χ1v) is 9.90. The van der Waals surface area contributed by atoms with Crippen LogP contribution in [0.3, 0.4) is 0 Å². The zero-order valence-electron chi connectivity index (χ0n) is 17.4. The molecule has 0 aliphatic heterocycles. The van der Waals surface area contributed by atoms with Crippen molar-refractivity contribution in [2.75, 3.05) is 0 Å². The van der Waals surface area contributed by atoms with Crippen LogP contribution < -0.4 is 0 Å². The first-order valence-electron chi connectivity index (χ1n) is 9.49. The van der Waals surface area contributed by atoms with E-state index in [1.807, 2.05) is 6.21 Å². The van der Waals surface area contributed by atoms with Gasteiger partial charge in [-0.3, -0.25) is 0 Å². The average molecular weight is 393 g/mol. The Morgan fingerprint density at radius 1 is 0.857 bits per heavy atom. The van der Waals surface area contributed by atoms with Crippen LogP contribution in [-0.4, -0.2) is 21.1 Å². The van der Waals surface area contributed by atoms with Crippen LogP contribution in [0.2, 0.25) is 0 Å². The third kappa shape index (κ3) is 4.47. The van der Waals surface area contributed by atoms with Crippen LogP contribution >= 0.6 is 12.2 Å². The third-order valence-electron chi connectivity index (χ3n) is 4.76. The number of rotatable bonds is 3. The number of benzene rings is 2. The molecule has 1 aromatic heterocycles. The van der Waals surface area contributed by atoms with E-state index in [9.17, 15) is 0 Å². The summed E-state index contributed by atoms with van der Waals surface area (Å²) in [4.78, 5) is 0. The van der Waals surface area contributed by atoms with Gasteiger partial charge in [0.15, 0.2) is 5.82 Å². The second-order valence-corrected chi connectivity index (χ2v) is 9.49. The second-order valence-electron chi connectivity index (χ2n) is 9.11. The summed E-state index contributed by atoms with van der Waals surface area (Å²) in [5.74, 6) is 0.702. The van der Waals surface area contributed by atoms with E-state index in [2.05, 4.69) is 105 Å². The van der Waals surface area contributed by atoms with Crippen molar-refractivity contribution in [3.05, 3.63) is 70.0 Å². The van der Waals surface area contributed by atoms with Crippen molar-refractivity contribution in [2.45, 2.75) is 52.4 Å². The number of hydrogen-bond donors (Lipinski definition) is 1. The van der Waals surface area contributed by atoms with Crippen LogP contribution in [0.5, 0.6) is 0 Å². The lowest BCUT2D eigenvalue weighted by atomic mass is 9.87. The highest BCUT2D eigenvalue weighted by Gasteiger charge is 2.15. The van der Waals surface area contributed by atoms with Crippen molar-refractivity contribution in [1.82, 2.24) is 14.9 Å². The lowest BCUT2D eigenvalue weighted by Gasteiger charge is -2.19. The van der Waals surface area contributed by atoms with Crippen LogP contribution in [0.1, 0.15) is 58.2 Å². The molecule has 0 radical (unpaired) electrons. The zero-order chi connectivity index (χ0) is 20.5. The van der Waals surface area contributed by atoms with Crippen LogP contribution in [0.15, 0.2) is 53.6 Å². The number of aromatic nitrogens is 3. The Hall–Kier alpha value is -2.53. The number of hydrogen-bond acceptors (Lipinski definition) is 3. The molecule has 0 unspecified atom stereocenters. The summed E-state index contributed by atoms with van der Waals surface area (Å²) in [7, 11) is 0. The van der Waals surface area contributed by atoms with Crippen molar-refractivity contribution < 1.29 is 0 Å². The Kier molecular flexibility index (Phi) is 5.39. The number of nitrogens with zero attached hydrogens (tertiary/aromatic N) is 3. The van der Waals surface area contributed by atoms with Gasteiger partial charge in [-0.05, 0) is 39.7 Å². The molecular weight excluding hydrogens is 364 g/mol. The van der Waals surface area contributed by atoms with Gasteiger partial charge < -0.3 is 0 Å². The molecule has 1 N–H and O–H groups in total. The maximum atomic E-state index is 5.37. The molecule has 0 fully saturated rings. The zero-order valence-corrected chi connectivity index (χ0v) is 18.3. The minimum absolute atomic E-state index is 0.112. The molecule has 28 heavy (non-hydrogen) atoms. The largest absolute Gasteiger partial charge is 0.250 e. The third-order valence-corrected chi connectivity index (χ3v) is 5.02. The molecule has 0 aliphatic carbocycles. The molecule has 146 valence electrons. The minimum atomic E-state index is 0.112. The molecular formula is C23H28N4S. The van der Waals surface area contributed by atoms with Gasteiger partial charge in [0.1, 0.15) is 0 Å². The molecule has 1 heterocycles. The summed E-state index contributed by atoms with van der Waals surface area (Å²) >= 11 is 5.37. The standard InChI is InChI=1S/C23H28N4S/c1-22(2,3)18-11-7-16(8-12-18)15-24-27-20(25-26-21(27)28)17-9-13-19(14-10-17)23(4,5)6/h7-15H,1-6H3,(H,26,28). The van der Waals surface area contributed by atoms with Crippen LogP contribution in [-0.2, 0) is 10.8 Å². The van der Waals surface area contributed by atoms with Gasteiger partial charge in [0.25, 0.3) is 0 Å². The highest BCUT2D eigenvalue weighted by Crippen LogP contribution is 2.25. The van der Waals surface area contributed by atoms with E-state index in [4.69, 9.17) is 12.2 Å². The Morgan fingerprint density at radius 3 is 1.86 bits per heavy atom. The van der Waals surface area contributed by atoms with E-state index in [1.165, 1.54) is 11.1 Å². The van der Waals surface area contributed by atoms with E-state index in [1.54, 1.807) is 4.68 Å². The fourth-order valence-corrected chi connectivity index (χ4v) is 3.08. The van der Waals surface area contributed by atoms with Crippen molar-refractivity contribution in [3.8, 4) is 11.4 Å². The molecule has 0 bridgehead atoms. The Bertz CT molecular complexity index is 1020. The average Bonchev–Trinajstić information content (AvgIpc) is 2.99. The maximum absolute atomic E-state index is 5.37. The van der Waals surface area contributed by atoms with Crippen molar-refractivity contribution in [3.63, 3.8) is 0 Å². The van der Waals surface area contributed by atoms with E-state index >= 15 is 0 Å². The fourth-order valence-electron chi connectivity index (χ4n) is 2.90. The molecule has 0 aliphatic rings. The van der Waals surface area contributed by atoms with Gasteiger partial charge in [-0.1, -0.05) is 90.1 Å². The van der Waals surface area contributed by atoms with E-state index in [0.29, 0.717) is 10.6 Å². The van der Waals surface area contributed by atoms with Crippen molar-refractivity contribution in [1.29, 1.82) is 0 Å². The Labute approximate surface area is 172 Å². The smallest absolute Gasteiger partial charge is 0.216 e. The topological polar surface area (TPSA) is 46.0 Å². The predicted molar refractivity (Wildman–Crippen MR) is 120 cm³/mol. The van der Waals surface area contributed by atoms with Crippen molar-refractivity contribution in [2.24, 2.45) is 5.10 Å². The lowest BCUT2D eigenvalue weighted by Crippen LogP contribution is -2.10. The van der Waals surface area contributed by atoms with E-state index in [0.717, 1.165) is 11.1 Å². The van der Waals surface area contributed by atoms with Crippen molar-refractivity contribution >= 4 is 18.4 Å². The summed E-state index contributed by atoms with van der Waals surface area (Å²) in [5.41, 5.74) is 4.81. The lowest BCUT2D eigenvalue weighted by molar-refractivity contribution is 0.590. The SMILES string of the molecule is CC(C)(C)c1ccc(C=Nn2c(-c3ccc(C(C)(C)C)cc3)n[nH]c2=S)cc1. The number of nitrogens with one attached hydrogen (secondary N) is 1. The van der Waals surface area contributed by atoms with Gasteiger partial charge in [0.05, 0.1) is 6.21 Å². The summed E-state index contributed by atoms with van der Waals surface area (Å²) < 4.78 is 2.14. The second kappa shape index (κ2) is 7.47. The molecule has 0 saturated carbocycles. The van der Waals surface area contributed by atoms with Gasteiger partial charge in [0.2, 0.25) is 4.77 Å². The van der Waals surface area contributed by atoms with Gasteiger partial charge >= 0.3 is 0 Å². The highest BCUT2D eigenvalue weighted by atomic mass is 32.1. The summed E-state index contributed by atoms with van der Waals surface area (Å²) in [6.07, 6.45) is 1.81. The molecule has 4 nitrogen and oxygen atoms in total. The monoisotopic (exact) mass is 392 g/mol. The summed E-state index contributed by atoms with van der Waals surface area (Å²) in [6.45, 7) is 13.2. The molecule has 3 rings (SSSR count). The van der Waals surface area contributed by atoms with Gasteiger partial charge in [0, 0.05) is 5.56 Å². The molecule has 0 atom stereocenters. The van der Waals surface area contributed by atoms with Crippen LogP contribution in [0.25, 0.3) is 11.4 Å². The molecule has 0 amide bonds. The predicted octanol–water partition coefficient (Wildman–Crippen LogP) is 6.08. The normalized spacial score (nSPS) is 12.6. The summed E-state index contributed by atoms with van der Waals surface area (Å²) in [5, 5.41) is 11.8. The quantitative estimate of drug-likeness (QED) is 0.433. The van der Waals surface area contributed by atoms with E-state index in [-0.39, 0.29) is 10.8 Å². The van der Waals surface area contributed by atoms with Gasteiger partial charge in [-0.15, -0.1) is 0 Å². The summed E-state index contributed by atoms with van der Waals surface area (Å²) in [6, 6.07) is 16.8. The van der Waals surface area contributed by atoms with Crippen LogP contribution in [0, 0.1) is 4.77 Å². The Morgan fingerprint density at radius 2 is 1.36 bits per heavy atom. The minimum Gasteiger partial charge on any atom is -0.250 e. The maximum Gasteiger partial charge on any atom is 0.216 e. The Balaban J connectivity index is 1.89. The highest BCUT2D eigenvalue weighted by molar-refractivity contribution is 7.71. The molecule has 2 aromatic carbocycles. The first kappa shape index (κ1) is 20.2. The number of aromatic amines is 1. The molecule has 0 spiro atoms. The van der Waals surface area contributed by atoms with E-state index < -0.39 is 0 Å². The number of H-pyrrole nitrogens is 1. The first-order chi connectivity index (χ1) is 13.1.